The van der Waals surface area contributed by atoms with E-state index in [9.17, 15) is 4.79 Å². The maximum Gasteiger partial charge on any atom is 0.234 e. The Balaban J connectivity index is 2.15. The molecule has 68 valence electrons. The number of carbonyl (C=O) groups is 1. The van der Waals surface area contributed by atoms with Crippen LogP contribution in [0.3, 0.4) is 0 Å². The normalized spacial score (nSPS) is 41.8. The number of fused-ring (bicyclic) bond motifs is 1. The molecule has 0 spiro atoms. The van der Waals surface area contributed by atoms with Gasteiger partial charge in [0.25, 0.3) is 0 Å². The van der Waals surface area contributed by atoms with Gasteiger partial charge in [0.15, 0.2) is 0 Å². The lowest BCUT2D eigenvalue weighted by Crippen LogP contribution is -2.42. The van der Waals surface area contributed by atoms with Crippen LogP contribution in [-0.4, -0.2) is 25.0 Å². The number of amides is 1. The van der Waals surface area contributed by atoms with Crippen LogP contribution in [0, 0.1) is 5.41 Å². The van der Waals surface area contributed by atoms with Gasteiger partial charge in [-0.05, 0) is 12.8 Å². The molecule has 1 heterocycles. The molecule has 2 atom stereocenters. The van der Waals surface area contributed by atoms with E-state index < -0.39 is 0 Å². The first-order chi connectivity index (χ1) is 5.71. The van der Waals surface area contributed by atoms with Crippen LogP contribution in [0.1, 0.15) is 26.2 Å². The zero-order chi connectivity index (χ0) is 8.60. The summed E-state index contributed by atoms with van der Waals surface area (Å²) >= 11 is 0. The van der Waals surface area contributed by atoms with Gasteiger partial charge >= 0.3 is 0 Å². The largest absolute Gasteiger partial charge is 0.352 e. The summed E-state index contributed by atoms with van der Waals surface area (Å²) in [5.74, 6) is 0.158. The third kappa shape index (κ3) is 1.22. The molecule has 2 N–H and O–H groups in total. The molecule has 12 heavy (non-hydrogen) atoms. The molecule has 0 unspecified atom stereocenters. The lowest BCUT2D eigenvalue weighted by Gasteiger charge is -2.29. The SMILES string of the molecule is C[C@]12CCC[C@@H]1NC(=O)CNC2. The molecule has 0 radical (unpaired) electrons. The molecule has 0 aromatic carbocycles. The Kier molecular flexibility index (Phi) is 1.83. The molecule has 3 heteroatoms. The molecular weight excluding hydrogens is 152 g/mol. The minimum Gasteiger partial charge on any atom is -0.352 e. The van der Waals surface area contributed by atoms with Crippen molar-refractivity contribution in [2.24, 2.45) is 5.41 Å². The summed E-state index contributed by atoms with van der Waals surface area (Å²) in [4.78, 5) is 11.2. The molecular formula is C9H16N2O. The van der Waals surface area contributed by atoms with Crippen LogP contribution < -0.4 is 10.6 Å². The summed E-state index contributed by atoms with van der Waals surface area (Å²) in [6, 6.07) is 0.417. The highest BCUT2D eigenvalue weighted by Gasteiger charge is 2.40. The molecule has 2 rings (SSSR count). The van der Waals surface area contributed by atoms with Crippen LogP contribution in [0.4, 0.5) is 0 Å². The predicted octanol–water partition coefficient (Wildman–Crippen LogP) is 0.265. The minimum atomic E-state index is 0.158. The highest BCUT2D eigenvalue weighted by Crippen LogP contribution is 2.37. The van der Waals surface area contributed by atoms with E-state index in [2.05, 4.69) is 17.6 Å². The van der Waals surface area contributed by atoms with Gasteiger partial charge in [-0.15, -0.1) is 0 Å². The first-order valence-corrected chi connectivity index (χ1v) is 4.71. The molecule has 1 saturated carbocycles. The predicted molar refractivity (Wildman–Crippen MR) is 46.8 cm³/mol. The van der Waals surface area contributed by atoms with Gasteiger partial charge < -0.3 is 10.6 Å². The summed E-state index contributed by atoms with van der Waals surface area (Å²) in [5.41, 5.74) is 0.312. The fourth-order valence-corrected chi connectivity index (χ4v) is 2.40. The summed E-state index contributed by atoms with van der Waals surface area (Å²) < 4.78 is 0. The lowest BCUT2D eigenvalue weighted by molar-refractivity contribution is -0.120. The number of nitrogens with one attached hydrogen (secondary N) is 2. The van der Waals surface area contributed by atoms with Crippen LogP contribution in [-0.2, 0) is 4.79 Å². The third-order valence-electron chi connectivity index (χ3n) is 3.23. The van der Waals surface area contributed by atoms with E-state index in [0.29, 0.717) is 18.0 Å². The molecule has 2 aliphatic rings. The van der Waals surface area contributed by atoms with E-state index in [0.717, 1.165) is 13.0 Å². The zero-order valence-corrected chi connectivity index (χ0v) is 7.52. The van der Waals surface area contributed by atoms with Crippen molar-refractivity contribution in [3.63, 3.8) is 0 Å². The van der Waals surface area contributed by atoms with Crippen LogP contribution in [0.5, 0.6) is 0 Å². The van der Waals surface area contributed by atoms with Crippen molar-refractivity contribution in [1.29, 1.82) is 0 Å². The molecule has 1 saturated heterocycles. The first-order valence-electron chi connectivity index (χ1n) is 4.71. The Labute approximate surface area is 72.9 Å². The van der Waals surface area contributed by atoms with Crippen molar-refractivity contribution in [3.8, 4) is 0 Å². The zero-order valence-electron chi connectivity index (χ0n) is 7.52. The van der Waals surface area contributed by atoms with Crippen molar-refractivity contribution in [3.05, 3.63) is 0 Å². The van der Waals surface area contributed by atoms with Gasteiger partial charge in [0.05, 0.1) is 6.54 Å². The second-order valence-corrected chi connectivity index (χ2v) is 4.27. The lowest BCUT2D eigenvalue weighted by atomic mass is 9.85. The standard InChI is InChI=1S/C9H16N2O/c1-9-4-2-3-7(9)11-8(12)5-10-6-9/h7,10H,2-6H2,1H3,(H,11,12)/t7-,9+/m0/s1. The second kappa shape index (κ2) is 2.73. The van der Waals surface area contributed by atoms with E-state index in [1.54, 1.807) is 0 Å². The maximum atomic E-state index is 11.2. The Morgan fingerprint density at radius 1 is 1.58 bits per heavy atom. The third-order valence-corrected chi connectivity index (χ3v) is 3.23. The number of carbonyl (C=O) groups excluding carboxylic acids is 1. The maximum absolute atomic E-state index is 11.2. The van der Waals surface area contributed by atoms with E-state index >= 15 is 0 Å². The summed E-state index contributed by atoms with van der Waals surface area (Å²) in [7, 11) is 0. The van der Waals surface area contributed by atoms with Crippen molar-refractivity contribution in [2.75, 3.05) is 13.1 Å². The van der Waals surface area contributed by atoms with Crippen molar-refractivity contribution < 1.29 is 4.79 Å². The van der Waals surface area contributed by atoms with Gasteiger partial charge in [-0.3, -0.25) is 4.79 Å². The highest BCUT2D eigenvalue weighted by molar-refractivity contribution is 5.78. The highest BCUT2D eigenvalue weighted by atomic mass is 16.2. The number of hydrogen-bond donors (Lipinski definition) is 2. The van der Waals surface area contributed by atoms with E-state index in [-0.39, 0.29) is 5.91 Å². The average Bonchev–Trinajstić information content (AvgIpc) is 2.27. The molecule has 0 aromatic heterocycles. The number of hydrogen-bond acceptors (Lipinski definition) is 2. The fraction of sp³-hybridized carbons (Fsp3) is 0.889. The fourth-order valence-electron chi connectivity index (χ4n) is 2.40. The van der Waals surface area contributed by atoms with E-state index in [4.69, 9.17) is 0 Å². The molecule has 1 amide bonds. The van der Waals surface area contributed by atoms with Crippen molar-refractivity contribution in [1.82, 2.24) is 10.6 Å². The van der Waals surface area contributed by atoms with E-state index in [1.807, 2.05) is 0 Å². The summed E-state index contributed by atoms with van der Waals surface area (Å²) in [5, 5.41) is 6.28. The van der Waals surface area contributed by atoms with Gasteiger partial charge in [0, 0.05) is 18.0 Å². The van der Waals surface area contributed by atoms with Crippen LogP contribution in [0.2, 0.25) is 0 Å². The second-order valence-electron chi connectivity index (χ2n) is 4.27. The molecule has 1 aliphatic carbocycles. The topological polar surface area (TPSA) is 41.1 Å². The Bertz CT molecular complexity index is 205. The van der Waals surface area contributed by atoms with Gasteiger partial charge in [-0.2, -0.15) is 0 Å². The Morgan fingerprint density at radius 3 is 3.25 bits per heavy atom. The molecule has 0 bridgehead atoms. The molecule has 0 aromatic rings. The summed E-state index contributed by atoms with van der Waals surface area (Å²) in [6.07, 6.45) is 3.65. The van der Waals surface area contributed by atoms with Gasteiger partial charge in [0.2, 0.25) is 5.91 Å². The van der Waals surface area contributed by atoms with Crippen LogP contribution in [0.25, 0.3) is 0 Å². The van der Waals surface area contributed by atoms with Gasteiger partial charge in [-0.25, -0.2) is 0 Å². The van der Waals surface area contributed by atoms with Crippen molar-refractivity contribution >= 4 is 5.91 Å². The summed E-state index contributed by atoms with van der Waals surface area (Å²) in [6.45, 7) is 3.74. The molecule has 1 aliphatic heterocycles. The van der Waals surface area contributed by atoms with E-state index in [1.165, 1.54) is 12.8 Å². The molecule has 2 fully saturated rings. The number of rotatable bonds is 0. The Morgan fingerprint density at radius 2 is 2.42 bits per heavy atom. The smallest absolute Gasteiger partial charge is 0.234 e. The molecule has 3 nitrogen and oxygen atoms in total. The first kappa shape index (κ1) is 8.05. The van der Waals surface area contributed by atoms with Gasteiger partial charge in [-0.1, -0.05) is 13.3 Å². The van der Waals surface area contributed by atoms with Gasteiger partial charge in [0.1, 0.15) is 0 Å². The van der Waals surface area contributed by atoms with Crippen molar-refractivity contribution in [2.45, 2.75) is 32.2 Å². The minimum absolute atomic E-state index is 0.158. The monoisotopic (exact) mass is 168 g/mol. The Hall–Kier alpha value is -0.570. The van der Waals surface area contributed by atoms with Crippen LogP contribution >= 0.6 is 0 Å². The average molecular weight is 168 g/mol. The van der Waals surface area contributed by atoms with Crippen LogP contribution in [0.15, 0.2) is 0 Å². The quantitative estimate of drug-likeness (QED) is 0.545.